The molecule has 1 aromatic rings. The predicted octanol–water partition coefficient (Wildman–Crippen LogP) is 0.461. The Balaban J connectivity index is 2.89. The molecule has 0 heterocycles. The van der Waals surface area contributed by atoms with Gasteiger partial charge in [0.15, 0.2) is 0 Å². The number of benzene rings is 1. The summed E-state index contributed by atoms with van der Waals surface area (Å²) in [6, 6.07) is 5.96. The van der Waals surface area contributed by atoms with E-state index in [0.29, 0.717) is 12.1 Å². The molecule has 1 atom stereocenters. The molecule has 86 valence electrons. The van der Waals surface area contributed by atoms with Gasteiger partial charge in [0.25, 0.3) is 5.91 Å². The summed E-state index contributed by atoms with van der Waals surface area (Å²) in [5.74, 6) is -0.905. The summed E-state index contributed by atoms with van der Waals surface area (Å²) in [5, 5.41) is 2.58. The Labute approximate surface area is 93.8 Å². The minimum Gasteiger partial charge on any atom is -0.366 e. The molecule has 0 aliphatic heterocycles. The normalized spacial score (nSPS) is 11.9. The molecule has 0 radical (unpaired) electrons. The second-order valence-corrected chi connectivity index (χ2v) is 3.41. The van der Waals surface area contributed by atoms with Crippen LogP contribution in [0.15, 0.2) is 24.3 Å². The van der Waals surface area contributed by atoms with Gasteiger partial charge >= 0.3 is 0 Å². The van der Waals surface area contributed by atoms with Gasteiger partial charge in [0, 0.05) is 0 Å². The van der Waals surface area contributed by atoms with Crippen LogP contribution in [0.25, 0.3) is 0 Å². The zero-order valence-corrected chi connectivity index (χ0v) is 9.07. The van der Waals surface area contributed by atoms with E-state index in [4.69, 9.17) is 11.5 Å². The van der Waals surface area contributed by atoms with Crippen LogP contribution in [0.1, 0.15) is 23.7 Å². The Morgan fingerprint density at radius 2 is 2.00 bits per heavy atom. The third-order valence-electron chi connectivity index (χ3n) is 2.23. The second kappa shape index (κ2) is 5.27. The van der Waals surface area contributed by atoms with Crippen molar-refractivity contribution in [3.63, 3.8) is 0 Å². The Kier molecular flexibility index (Phi) is 4.02. The molecule has 0 saturated heterocycles. The van der Waals surface area contributed by atoms with Gasteiger partial charge in [-0.15, -0.1) is 0 Å². The fourth-order valence-corrected chi connectivity index (χ4v) is 1.22. The highest BCUT2D eigenvalue weighted by molar-refractivity contribution is 6.04. The van der Waals surface area contributed by atoms with Crippen LogP contribution in [-0.4, -0.2) is 17.9 Å². The first-order valence-electron chi connectivity index (χ1n) is 5.01. The van der Waals surface area contributed by atoms with Gasteiger partial charge in [0.2, 0.25) is 5.91 Å². The summed E-state index contributed by atoms with van der Waals surface area (Å²) in [5.41, 5.74) is 11.4. The molecule has 0 spiro atoms. The van der Waals surface area contributed by atoms with Crippen LogP contribution in [0.3, 0.4) is 0 Å². The third-order valence-corrected chi connectivity index (χ3v) is 2.23. The number of primary amides is 1. The van der Waals surface area contributed by atoms with Gasteiger partial charge in [-0.1, -0.05) is 19.1 Å². The number of hydrogen-bond donors (Lipinski definition) is 3. The zero-order chi connectivity index (χ0) is 12.1. The standard InChI is InChI=1S/C11H15N3O2/c1-2-8(12)11(16)14-9-6-4-3-5-7(9)10(13)15/h3-6,8H,2,12H2,1H3,(H2,13,15)(H,14,16)/t8-/m0/s1. The van der Waals surface area contributed by atoms with E-state index in [-0.39, 0.29) is 11.5 Å². The highest BCUT2D eigenvalue weighted by Crippen LogP contribution is 2.14. The number of carbonyl (C=O) groups excluding carboxylic acids is 2. The molecule has 0 unspecified atom stereocenters. The molecular weight excluding hydrogens is 206 g/mol. The van der Waals surface area contributed by atoms with Crippen molar-refractivity contribution in [1.82, 2.24) is 0 Å². The smallest absolute Gasteiger partial charge is 0.250 e. The molecule has 1 rings (SSSR count). The maximum Gasteiger partial charge on any atom is 0.250 e. The molecule has 5 nitrogen and oxygen atoms in total. The maximum atomic E-state index is 11.5. The molecule has 0 fully saturated rings. The van der Waals surface area contributed by atoms with Crippen LogP contribution in [0.4, 0.5) is 5.69 Å². The van der Waals surface area contributed by atoms with Crippen LogP contribution in [0.2, 0.25) is 0 Å². The number of anilines is 1. The summed E-state index contributed by atoms with van der Waals surface area (Å²) in [6.45, 7) is 1.81. The van der Waals surface area contributed by atoms with E-state index in [1.54, 1.807) is 24.3 Å². The molecule has 5 heteroatoms. The number of hydrogen-bond acceptors (Lipinski definition) is 3. The third kappa shape index (κ3) is 2.80. The Bertz CT molecular complexity index is 404. The van der Waals surface area contributed by atoms with Crippen LogP contribution in [0.5, 0.6) is 0 Å². The predicted molar refractivity (Wildman–Crippen MR) is 61.9 cm³/mol. The van der Waals surface area contributed by atoms with Gasteiger partial charge in [-0.2, -0.15) is 0 Å². The number of para-hydroxylation sites is 1. The van der Waals surface area contributed by atoms with Crippen molar-refractivity contribution in [2.24, 2.45) is 11.5 Å². The fraction of sp³-hybridized carbons (Fsp3) is 0.273. The van der Waals surface area contributed by atoms with E-state index >= 15 is 0 Å². The summed E-state index contributed by atoms with van der Waals surface area (Å²) < 4.78 is 0. The van der Waals surface area contributed by atoms with E-state index in [1.807, 2.05) is 6.92 Å². The minimum absolute atomic E-state index is 0.277. The molecule has 16 heavy (non-hydrogen) atoms. The topological polar surface area (TPSA) is 98.2 Å². The van der Waals surface area contributed by atoms with Crippen LogP contribution in [-0.2, 0) is 4.79 Å². The molecule has 0 saturated carbocycles. The van der Waals surface area contributed by atoms with E-state index in [1.165, 1.54) is 0 Å². The quantitative estimate of drug-likeness (QED) is 0.688. The number of nitrogens with one attached hydrogen (secondary N) is 1. The minimum atomic E-state index is -0.582. The van der Waals surface area contributed by atoms with E-state index in [9.17, 15) is 9.59 Å². The van der Waals surface area contributed by atoms with Crippen LogP contribution >= 0.6 is 0 Å². The average Bonchev–Trinajstić information content (AvgIpc) is 2.28. The van der Waals surface area contributed by atoms with Crippen LogP contribution in [0, 0.1) is 0 Å². The second-order valence-electron chi connectivity index (χ2n) is 3.41. The Morgan fingerprint density at radius 1 is 1.38 bits per heavy atom. The van der Waals surface area contributed by atoms with Gasteiger partial charge < -0.3 is 16.8 Å². The highest BCUT2D eigenvalue weighted by Gasteiger charge is 2.14. The molecule has 0 aliphatic carbocycles. The zero-order valence-electron chi connectivity index (χ0n) is 9.07. The van der Waals surface area contributed by atoms with Gasteiger partial charge in [-0.05, 0) is 18.6 Å². The van der Waals surface area contributed by atoms with Crippen molar-refractivity contribution in [2.45, 2.75) is 19.4 Å². The van der Waals surface area contributed by atoms with E-state index in [0.717, 1.165) is 0 Å². The lowest BCUT2D eigenvalue weighted by Gasteiger charge is -2.12. The Morgan fingerprint density at radius 3 is 2.56 bits per heavy atom. The molecule has 2 amide bonds. The lowest BCUT2D eigenvalue weighted by atomic mass is 10.1. The summed E-state index contributed by atoms with van der Waals surface area (Å²) in [6.07, 6.45) is 0.532. The number of amides is 2. The van der Waals surface area contributed by atoms with Gasteiger partial charge in [0.05, 0.1) is 17.3 Å². The summed E-state index contributed by atoms with van der Waals surface area (Å²) >= 11 is 0. The van der Waals surface area contributed by atoms with Crippen molar-refractivity contribution >= 4 is 17.5 Å². The van der Waals surface area contributed by atoms with Crippen molar-refractivity contribution in [3.8, 4) is 0 Å². The van der Waals surface area contributed by atoms with E-state index in [2.05, 4.69) is 5.32 Å². The van der Waals surface area contributed by atoms with Crippen LogP contribution < -0.4 is 16.8 Å². The number of carbonyl (C=O) groups is 2. The van der Waals surface area contributed by atoms with Gasteiger partial charge in [-0.25, -0.2) is 0 Å². The monoisotopic (exact) mass is 221 g/mol. The first kappa shape index (κ1) is 12.2. The van der Waals surface area contributed by atoms with Crippen molar-refractivity contribution < 1.29 is 9.59 Å². The summed E-state index contributed by atoms with van der Waals surface area (Å²) in [4.78, 5) is 22.6. The fourth-order valence-electron chi connectivity index (χ4n) is 1.22. The Hall–Kier alpha value is -1.88. The molecule has 0 aliphatic rings. The molecule has 0 bridgehead atoms. The van der Waals surface area contributed by atoms with Gasteiger partial charge in [-0.3, -0.25) is 9.59 Å². The molecular formula is C11H15N3O2. The largest absolute Gasteiger partial charge is 0.366 e. The van der Waals surface area contributed by atoms with E-state index < -0.39 is 11.9 Å². The summed E-state index contributed by atoms with van der Waals surface area (Å²) in [7, 11) is 0. The van der Waals surface area contributed by atoms with Crippen molar-refractivity contribution in [1.29, 1.82) is 0 Å². The molecule has 1 aromatic carbocycles. The lowest BCUT2D eigenvalue weighted by molar-refractivity contribution is -0.117. The highest BCUT2D eigenvalue weighted by atomic mass is 16.2. The maximum absolute atomic E-state index is 11.5. The molecule has 5 N–H and O–H groups in total. The molecule has 0 aromatic heterocycles. The van der Waals surface area contributed by atoms with Gasteiger partial charge in [0.1, 0.15) is 0 Å². The SMILES string of the molecule is CC[C@H](N)C(=O)Nc1ccccc1C(N)=O. The van der Waals surface area contributed by atoms with Crippen molar-refractivity contribution in [3.05, 3.63) is 29.8 Å². The average molecular weight is 221 g/mol. The first-order chi connectivity index (χ1) is 7.56. The lowest BCUT2D eigenvalue weighted by Crippen LogP contribution is -2.35. The number of nitrogens with two attached hydrogens (primary N) is 2. The van der Waals surface area contributed by atoms with Crippen molar-refractivity contribution in [2.75, 3.05) is 5.32 Å². The first-order valence-corrected chi connectivity index (χ1v) is 5.01. The number of rotatable bonds is 4.